The molecule has 15 heavy (non-hydrogen) atoms. The average molecular weight is 201 g/mol. The topological polar surface area (TPSA) is 29.4 Å². The second-order valence-electron chi connectivity index (χ2n) is 3.62. The van der Waals surface area contributed by atoms with Crippen molar-refractivity contribution in [3.8, 4) is 0 Å². The van der Waals surface area contributed by atoms with Crippen LogP contribution in [0.15, 0.2) is 35.5 Å². The van der Waals surface area contributed by atoms with E-state index < -0.39 is 0 Å². The molecule has 0 N–H and O–H groups in total. The summed E-state index contributed by atoms with van der Waals surface area (Å²) in [6.45, 7) is 9.07. The highest BCUT2D eigenvalue weighted by Gasteiger charge is 2.01. The molecule has 0 aliphatic carbocycles. The Morgan fingerprint density at radius 1 is 1.40 bits per heavy atom. The Morgan fingerprint density at radius 3 is 2.53 bits per heavy atom. The van der Waals surface area contributed by atoms with Gasteiger partial charge in [-0.3, -0.25) is 9.79 Å². The van der Waals surface area contributed by atoms with Gasteiger partial charge in [-0.1, -0.05) is 18.7 Å². The Labute approximate surface area is 90.4 Å². The maximum atomic E-state index is 11.1. The van der Waals surface area contributed by atoms with Crippen molar-refractivity contribution in [3.05, 3.63) is 47.2 Å². The number of allylic oxidation sites excluding steroid dienone is 1. The van der Waals surface area contributed by atoms with Crippen LogP contribution < -0.4 is 0 Å². The van der Waals surface area contributed by atoms with E-state index in [9.17, 15) is 4.79 Å². The van der Waals surface area contributed by atoms with Gasteiger partial charge in [-0.05, 0) is 38.0 Å². The number of carbonyl (C=O) groups excluding carboxylic acids is 1. The molecule has 78 valence electrons. The summed E-state index contributed by atoms with van der Waals surface area (Å²) in [7, 11) is 0. The Balaban J connectivity index is 3.03. The van der Waals surface area contributed by atoms with Crippen molar-refractivity contribution in [1.29, 1.82) is 0 Å². The van der Waals surface area contributed by atoms with Gasteiger partial charge in [-0.15, -0.1) is 0 Å². The van der Waals surface area contributed by atoms with Crippen molar-refractivity contribution >= 4 is 12.0 Å². The average Bonchev–Trinajstić information content (AvgIpc) is 2.15. The van der Waals surface area contributed by atoms with Gasteiger partial charge in [0.15, 0.2) is 5.78 Å². The number of rotatable bonds is 3. The molecule has 0 amide bonds. The van der Waals surface area contributed by atoms with Crippen molar-refractivity contribution in [3.63, 3.8) is 0 Å². The van der Waals surface area contributed by atoms with Gasteiger partial charge in [0.1, 0.15) is 0 Å². The molecule has 0 aliphatic heterocycles. The van der Waals surface area contributed by atoms with E-state index in [4.69, 9.17) is 0 Å². The Hall–Kier alpha value is -1.70. The SMILES string of the molecule is C=C(C)N=Cc1ccc(C(C)=O)cc1C. The van der Waals surface area contributed by atoms with E-state index in [2.05, 4.69) is 11.6 Å². The quantitative estimate of drug-likeness (QED) is 0.545. The standard InChI is InChI=1S/C13H15NO/c1-9(2)14-8-13-6-5-12(11(4)15)7-10(13)3/h5-8H,1H2,2-4H3. The second kappa shape index (κ2) is 4.69. The maximum Gasteiger partial charge on any atom is 0.159 e. The van der Waals surface area contributed by atoms with Gasteiger partial charge >= 0.3 is 0 Å². The normalized spacial score (nSPS) is 10.6. The minimum absolute atomic E-state index is 0.0847. The maximum absolute atomic E-state index is 11.1. The molecule has 0 heterocycles. The molecule has 0 aromatic heterocycles. The summed E-state index contributed by atoms with van der Waals surface area (Å²) in [5, 5.41) is 0. The summed E-state index contributed by atoms with van der Waals surface area (Å²) >= 11 is 0. The summed E-state index contributed by atoms with van der Waals surface area (Å²) in [5.74, 6) is 0.0847. The summed E-state index contributed by atoms with van der Waals surface area (Å²) in [6, 6.07) is 5.59. The van der Waals surface area contributed by atoms with Crippen molar-refractivity contribution in [1.82, 2.24) is 0 Å². The van der Waals surface area contributed by atoms with Crippen LogP contribution in [0.3, 0.4) is 0 Å². The van der Waals surface area contributed by atoms with E-state index in [1.54, 1.807) is 13.1 Å². The lowest BCUT2D eigenvalue weighted by atomic mass is 10.0. The predicted molar refractivity (Wildman–Crippen MR) is 63.6 cm³/mol. The zero-order valence-electron chi connectivity index (χ0n) is 9.37. The molecule has 1 rings (SSSR count). The molecule has 0 bridgehead atoms. The van der Waals surface area contributed by atoms with Gasteiger partial charge in [-0.25, -0.2) is 0 Å². The first-order chi connectivity index (χ1) is 7.00. The molecular weight excluding hydrogens is 186 g/mol. The van der Waals surface area contributed by atoms with Crippen LogP contribution in [0.2, 0.25) is 0 Å². The van der Waals surface area contributed by atoms with Crippen molar-refractivity contribution in [2.75, 3.05) is 0 Å². The predicted octanol–water partition coefficient (Wildman–Crippen LogP) is 3.15. The Bertz CT molecular complexity index is 430. The number of hydrogen-bond acceptors (Lipinski definition) is 2. The lowest BCUT2D eigenvalue weighted by molar-refractivity contribution is 0.101. The fraction of sp³-hybridized carbons (Fsp3) is 0.231. The van der Waals surface area contributed by atoms with E-state index in [-0.39, 0.29) is 5.78 Å². The van der Waals surface area contributed by atoms with Gasteiger partial charge in [-0.2, -0.15) is 0 Å². The van der Waals surface area contributed by atoms with Crippen molar-refractivity contribution in [2.24, 2.45) is 4.99 Å². The summed E-state index contributed by atoms with van der Waals surface area (Å²) in [4.78, 5) is 15.3. The highest BCUT2D eigenvalue weighted by molar-refractivity contribution is 5.95. The van der Waals surface area contributed by atoms with Crippen LogP contribution in [0.4, 0.5) is 0 Å². The number of aryl methyl sites for hydroxylation is 1. The van der Waals surface area contributed by atoms with Gasteiger partial charge in [0.05, 0.1) is 0 Å². The molecule has 0 unspecified atom stereocenters. The summed E-state index contributed by atoms with van der Waals surface area (Å²) in [5.41, 5.74) is 3.57. The fourth-order valence-electron chi connectivity index (χ4n) is 1.22. The van der Waals surface area contributed by atoms with Crippen LogP contribution in [0.1, 0.15) is 35.3 Å². The molecule has 0 atom stereocenters. The van der Waals surface area contributed by atoms with Crippen LogP contribution in [-0.4, -0.2) is 12.0 Å². The third-order valence-electron chi connectivity index (χ3n) is 2.10. The number of hydrogen-bond donors (Lipinski definition) is 0. The summed E-state index contributed by atoms with van der Waals surface area (Å²) in [6.07, 6.45) is 1.77. The molecular formula is C13H15NO. The third-order valence-corrected chi connectivity index (χ3v) is 2.10. The fourth-order valence-corrected chi connectivity index (χ4v) is 1.22. The Kier molecular flexibility index (Phi) is 3.56. The molecule has 0 spiro atoms. The van der Waals surface area contributed by atoms with Gasteiger partial charge in [0.2, 0.25) is 0 Å². The highest BCUT2D eigenvalue weighted by Crippen LogP contribution is 2.10. The van der Waals surface area contributed by atoms with Crippen LogP contribution in [0.5, 0.6) is 0 Å². The minimum Gasteiger partial charge on any atom is -0.295 e. The molecule has 2 nitrogen and oxygen atoms in total. The number of Topliss-reactive ketones (excluding diaryl/α,β-unsaturated/α-hetero) is 1. The first-order valence-electron chi connectivity index (χ1n) is 4.82. The molecule has 1 aromatic carbocycles. The Morgan fingerprint density at radius 2 is 2.07 bits per heavy atom. The van der Waals surface area contributed by atoms with E-state index in [0.717, 1.165) is 22.4 Å². The van der Waals surface area contributed by atoms with E-state index in [1.165, 1.54) is 0 Å². The number of aliphatic imine (C=N–C) groups is 1. The van der Waals surface area contributed by atoms with Crippen LogP contribution in [0.25, 0.3) is 0 Å². The molecule has 0 fully saturated rings. The zero-order valence-corrected chi connectivity index (χ0v) is 9.37. The largest absolute Gasteiger partial charge is 0.295 e. The van der Waals surface area contributed by atoms with Gasteiger partial charge in [0.25, 0.3) is 0 Å². The number of nitrogens with zero attached hydrogens (tertiary/aromatic N) is 1. The lowest BCUT2D eigenvalue weighted by Crippen LogP contribution is -1.95. The van der Waals surface area contributed by atoms with E-state index >= 15 is 0 Å². The minimum atomic E-state index is 0.0847. The van der Waals surface area contributed by atoms with Gasteiger partial charge < -0.3 is 0 Å². The third kappa shape index (κ3) is 3.17. The molecule has 1 aromatic rings. The van der Waals surface area contributed by atoms with Crippen molar-refractivity contribution in [2.45, 2.75) is 20.8 Å². The number of benzene rings is 1. The van der Waals surface area contributed by atoms with Crippen LogP contribution >= 0.6 is 0 Å². The molecule has 0 aliphatic rings. The first-order valence-corrected chi connectivity index (χ1v) is 4.82. The van der Waals surface area contributed by atoms with Crippen LogP contribution in [0, 0.1) is 6.92 Å². The van der Waals surface area contributed by atoms with Crippen molar-refractivity contribution < 1.29 is 4.79 Å². The number of ketones is 1. The molecule has 0 saturated carbocycles. The van der Waals surface area contributed by atoms with E-state index in [0.29, 0.717) is 0 Å². The lowest BCUT2D eigenvalue weighted by Gasteiger charge is -2.02. The zero-order chi connectivity index (χ0) is 11.4. The summed E-state index contributed by atoms with van der Waals surface area (Å²) < 4.78 is 0. The highest BCUT2D eigenvalue weighted by atomic mass is 16.1. The molecule has 2 heteroatoms. The first kappa shape index (κ1) is 11.4. The van der Waals surface area contributed by atoms with E-state index in [1.807, 2.05) is 32.0 Å². The van der Waals surface area contributed by atoms with Crippen LogP contribution in [-0.2, 0) is 0 Å². The smallest absolute Gasteiger partial charge is 0.159 e. The number of carbonyl (C=O) groups is 1. The second-order valence-corrected chi connectivity index (χ2v) is 3.62. The van der Waals surface area contributed by atoms with Gasteiger partial charge in [0, 0.05) is 17.5 Å². The molecule has 0 saturated heterocycles. The molecule has 0 radical (unpaired) electrons. The monoisotopic (exact) mass is 201 g/mol.